The molecule has 1 aromatic carbocycles. The molecule has 1 N–H and O–H groups in total. The summed E-state index contributed by atoms with van der Waals surface area (Å²) in [5, 5.41) is 11.4. The van der Waals surface area contributed by atoms with Crippen molar-refractivity contribution in [2.75, 3.05) is 20.5 Å². The van der Waals surface area contributed by atoms with Gasteiger partial charge >= 0.3 is 5.97 Å². The minimum atomic E-state index is -0.535. The number of nitrogens with zero attached hydrogens (tertiary/aromatic N) is 2. The molecule has 0 saturated heterocycles. The number of nitrogens with one attached hydrogen (secondary N) is 1. The molecule has 0 saturated carbocycles. The van der Waals surface area contributed by atoms with Gasteiger partial charge in [0.15, 0.2) is 11.4 Å². The van der Waals surface area contributed by atoms with Gasteiger partial charge in [-0.2, -0.15) is 5.26 Å². The lowest BCUT2D eigenvalue weighted by atomic mass is 10.1. The molecule has 0 fully saturated rings. The Morgan fingerprint density at radius 3 is 2.70 bits per heavy atom. The van der Waals surface area contributed by atoms with E-state index >= 15 is 0 Å². The Bertz CT molecular complexity index is 584. The number of hydrogen-bond acceptors (Lipinski definition) is 6. The molecule has 0 aliphatic carbocycles. The van der Waals surface area contributed by atoms with Gasteiger partial charge in [-0.05, 0) is 34.3 Å². The molecule has 0 aromatic heterocycles. The van der Waals surface area contributed by atoms with Crippen LogP contribution < -0.4 is 10.1 Å². The van der Waals surface area contributed by atoms with Crippen molar-refractivity contribution in [3.63, 3.8) is 0 Å². The molecule has 20 heavy (non-hydrogen) atoms. The van der Waals surface area contributed by atoms with E-state index in [2.05, 4.69) is 26.2 Å². The van der Waals surface area contributed by atoms with E-state index in [1.807, 2.05) is 0 Å². The Balaban J connectivity index is 3.40. The number of benzene rings is 1. The minimum Gasteiger partial charge on any atom is -0.496 e. The summed E-state index contributed by atoms with van der Waals surface area (Å²) in [6.07, 6.45) is 3.55. The zero-order valence-electron chi connectivity index (χ0n) is 11.1. The van der Waals surface area contributed by atoms with Crippen molar-refractivity contribution in [2.45, 2.75) is 0 Å². The van der Waals surface area contributed by atoms with Gasteiger partial charge in [-0.3, -0.25) is 5.32 Å². The van der Waals surface area contributed by atoms with E-state index in [4.69, 9.17) is 14.7 Å². The van der Waals surface area contributed by atoms with E-state index in [9.17, 15) is 4.79 Å². The summed E-state index contributed by atoms with van der Waals surface area (Å²) >= 11 is 4.58. The van der Waals surface area contributed by atoms with E-state index in [1.165, 1.54) is 32.0 Å². The fraction of sp³-hybridized carbons (Fsp3) is 0.250. The van der Waals surface area contributed by atoms with Crippen LogP contribution in [0.25, 0.3) is 0 Å². The Morgan fingerprint density at radius 2 is 2.20 bits per heavy atom. The van der Waals surface area contributed by atoms with Crippen LogP contribution in [0, 0.1) is 11.5 Å². The van der Waals surface area contributed by atoms with Gasteiger partial charge in [-0.25, -0.2) is 9.79 Å². The smallest absolute Gasteiger partial charge is 0.340 e. The quantitative estimate of drug-likeness (QED) is 0.294. The first-order valence-electron chi connectivity index (χ1n) is 5.31. The summed E-state index contributed by atoms with van der Waals surface area (Å²) in [7, 11) is 2.78. The number of ether oxygens (including phenoxy) is 2. The van der Waals surface area contributed by atoms with Crippen LogP contribution in [0.3, 0.4) is 0 Å². The largest absolute Gasteiger partial charge is 0.496 e. The fourth-order valence-corrected chi connectivity index (χ4v) is 2.18. The second-order valence-corrected chi connectivity index (χ2v) is 5.00. The number of halogens is 1. The molecule has 0 radical (unpaired) electrons. The van der Waals surface area contributed by atoms with Crippen LogP contribution in [0.2, 0.25) is 0 Å². The highest BCUT2D eigenvalue weighted by molar-refractivity contribution is 9.10. The van der Waals surface area contributed by atoms with Crippen LogP contribution in [-0.4, -0.2) is 31.6 Å². The third-order valence-electron chi connectivity index (χ3n) is 2.25. The van der Waals surface area contributed by atoms with Gasteiger partial charge in [-0.1, -0.05) is 11.8 Å². The highest BCUT2D eigenvalue weighted by Crippen LogP contribution is 2.33. The van der Waals surface area contributed by atoms with Crippen molar-refractivity contribution in [1.29, 1.82) is 5.26 Å². The van der Waals surface area contributed by atoms with Gasteiger partial charge < -0.3 is 9.47 Å². The number of thioether (sulfide) groups is 1. The molecule has 8 heteroatoms. The first kappa shape index (κ1) is 16.3. The molecule has 0 unspecified atom stereocenters. The summed E-state index contributed by atoms with van der Waals surface area (Å²) in [5.74, 6) is -0.0461. The number of hydrogen-bond donors (Lipinski definition) is 1. The number of carbonyl (C=O) groups is 1. The Hall–Kier alpha value is -1.72. The molecule has 0 aliphatic rings. The van der Waals surface area contributed by atoms with Crippen LogP contribution in [0.5, 0.6) is 5.75 Å². The SMILES string of the molecule is COC(=O)c1cc(OC)c(Br)cc1N=C(NC#N)SC. The van der Waals surface area contributed by atoms with Crippen molar-refractivity contribution in [1.82, 2.24) is 5.32 Å². The molecule has 0 spiro atoms. The van der Waals surface area contributed by atoms with Crippen molar-refractivity contribution in [3.8, 4) is 11.9 Å². The first-order valence-corrected chi connectivity index (χ1v) is 7.32. The van der Waals surface area contributed by atoms with E-state index in [1.54, 1.807) is 18.5 Å². The molecule has 0 amide bonds. The molecule has 0 heterocycles. The zero-order valence-corrected chi connectivity index (χ0v) is 13.5. The lowest BCUT2D eigenvalue weighted by Crippen LogP contribution is -2.13. The zero-order chi connectivity index (χ0) is 15.1. The number of carbonyl (C=O) groups excluding carboxylic acids is 1. The van der Waals surface area contributed by atoms with Crippen LogP contribution in [-0.2, 0) is 4.74 Å². The molecule has 6 nitrogen and oxygen atoms in total. The third kappa shape index (κ3) is 3.88. The molecule has 0 atom stereocenters. The Kier molecular flexibility index (Phi) is 6.35. The standard InChI is InChI=1S/C12H12BrN3O3S/c1-18-10-4-7(11(17)19-2)9(5-8(10)13)16-12(20-3)15-6-14/h4-5H,1-3H3,(H,15,16). The summed E-state index contributed by atoms with van der Waals surface area (Å²) in [6, 6.07) is 3.15. The predicted octanol–water partition coefficient (Wildman–Crippen LogP) is 2.67. The summed E-state index contributed by atoms with van der Waals surface area (Å²) in [6.45, 7) is 0. The van der Waals surface area contributed by atoms with Crippen molar-refractivity contribution in [2.24, 2.45) is 4.99 Å². The molecule has 106 valence electrons. The topological polar surface area (TPSA) is 83.7 Å². The second kappa shape index (κ2) is 7.77. The maximum absolute atomic E-state index is 11.8. The van der Waals surface area contributed by atoms with E-state index in [0.29, 0.717) is 21.1 Å². The summed E-state index contributed by atoms with van der Waals surface area (Å²) in [4.78, 5) is 16.0. The van der Waals surface area contributed by atoms with E-state index in [-0.39, 0.29) is 5.56 Å². The number of rotatable bonds is 3. The average molecular weight is 358 g/mol. The van der Waals surface area contributed by atoms with Crippen LogP contribution in [0.1, 0.15) is 10.4 Å². The number of esters is 1. The molecule has 1 rings (SSSR count). The van der Waals surface area contributed by atoms with Gasteiger partial charge in [0.05, 0.1) is 29.9 Å². The monoisotopic (exact) mass is 357 g/mol. The number of methoxy groups -OCH3 is 2. The van der Waals surface area contributed by atoms with Crippen LogP contribution >= 0.6 is 27.7 Å². The Morgan fingerprint density at radius 1 is 1.50 bits per heavy atom. The van der Waals surface area contributed by atoms with Crippen molar-refractivity contribution < 1.29 is 14.3 Å². The van der Waals surface area contributed by atoms with Crippen LogP contribution in [0.4, 0.5) is 5.69 Å². The lowest BCUT2D eigenvalue weighted by molar-refractivity contribution is 0.0601. The molecule has 0 aliphatic heterocycles. The molecular weight excluding hydrogens is 346 g/mol. The molecule has 1 aromatic rings. The van der Waals surface area contributed by atoms with E-state index < -0.39 is 5.97 Å². The molecule has 0 bridgehead atoms. The average Bonchev–Trinajstić information content (AvgIpc) is 2.46. The maximum Gasteiger partial charge on any atom is 0.340 e. The normalized spacial score (nSPS) is 10.7. The number of aliphatic imine (C=N–C) groups is 1. The highest BCUT2D eigenvalue weighted by atomic mass is 79.9. The number of amidine groups is 1. The van der Waals surface area contributed by atoms with Gasteiger partial charge in [-0.15, -0.1) is 0 Å². The van der Waals surface area contributed by atoms with Crippen molar-refractivity contribution in [3.05, 3.63) is 22.2 Å². The number of nitriles is 1. The van der Waals surface area contributed by atoms with Gasteiger partial charge in [0.2, 0.25) is 0 Å². The molecular formula is C12H12BrN3O3S. The van der Waals surface area contributed by atoms with Gasteiger partial charge in [0, 0.05) is 0 Å². The Labute approximate surface area is 129 Å². The maximum atomic E-state index is 11.8. The van der Waals surface area contributed by atoms with Crippen LogP contribution in [0.15, 0.2) is 21.6 Å². The highest BCUT2D eigenvalue weighted by Gasteiger charge is 2.16. The van der Waals surface area contributed by atoms with Crippen molar-refractivity contribution >= 4 is 44.5 Å². The fourth-order valence-electron chi connectivity index (χ4n) is 1.35. The predicted molar refractivity (Wildman–Crippen MR) is 81.4 cm³/mol. The second-order valence-electron chi connectivity index (χ2n) is 3.35. The van der Waals surface area contributed by atoms with E-state index in [0.717, 1.165) is 0 Å². The lowest BCUT2D eigenvalue weighted by Gasteiger charge is -2.10. The van der Waals surface area contributed by atoms with Gasteiger partial charge in [0.1, 0.15) is 5.75 Å². The summed E-state index contributed by atoms with van der Waals surface area (Å²) in [5.41, 5.74) is 0.621. The minimum absolute atomic E-state index is 0.249. The first-order chi connectivity index (χ1) is 9.57. The van der Waals surface area contributed by atoms with Gasteiger partial charge in [0.25, 0.3) is 0 Å². The third-order valence-corrected chi connectivity index (χ3v) is 3.45. The summed E-state index contributed by atoms with van der Waals surface area (Å²) < 4.78 is 10.5.